The number of nitrogens with two attached hydrogens (primary N) is 2. The van der Waals surface area contributed by atoms with Gasteiger partial charge in [0.25, 0.3) is 0 Å². The SMILES string of the molecule is COc1cc(C(C)(C)c2ccc(Oc3ccc(N)cc3)c(OC)c2)ccc1Oc1ccc(N)cc1. The number of ether oxygens (including phenoxy) is 4. The first kappa shape index (κ1) is 23.8. The molecule has 0 aromatic heterocycles. The fraction of sp³-hybridized carbons (Fsp3) is 0.172. The quantitative estimate of drug-likeness (QED) is 0.276. The average molecular weight is 471 g/mol. The van der Waals surface area contributed by atoms with Gasteiger partial charge in [-0.1, -0.05) is 26.0 Å². The van der Waals surface area contributed by atoms with Crippen molar-refractivity contribution in [2.24, 2.45) is 0 Å². The molecule has 180 valence electrons. The number of benzene rings is 4. The summed E-state index contributed by atoms with van der Waals surface area (Å²) in [5.41, 5.74) is 14.7. The molecule has 0 fully saturated rings. The van der Waals surface area contributed by atoms with E-state index in [9.17, 15) is 0 Å². The zero-order chi connectivity index (χ0) is 25.0. The van der Waals surface area contributed by atoms with Crippen LogP contribution in [0, 0.1) is 0 Å². The number of anilines is 2. The Hall–Kier alpha value is -4.32. The summed E-state index contributed by atoms with van der Waals surface area (Å²) in [6.45, 7) is 4.30. The molecule has 0 spiro atoms. The predicted molar refractivity (Wildman–Crippen MR) is 140 cm³/mol. The van der Waals surface area contributed by atoms with Crippen molar-refractivity contribution >= 4 is 11.4 Å². The van der Waals surface area contributed by atoms with Gasteiger partial charge in [0.1, 0.15) is 11.5 Å². The van der Waals surface area contributed by atoms with E-state index in [4.69, 9.17) is 30.4 Å². The molecule has 0 aliphatic rings. The maximum atomic E-state index is 6.02. The van der Waals surface area contributed by atoms with Crippen molar-refractivity contribution in [1.29, 1.82) is 0 Å². The minimum Gasteiger partial charge on any atom is -0.493 e. The Morgan fingerprint density at radius 3 is 1.23 bits per heavy atom. The van der Waals surface area contributed by atoms with Crippen LogP contribution in [0.25, 0.3) is 0 Å². The van der Waals surface area contributed by atoms with Gasteiger partial charge in [-0.2, -0.15) is 0 Å². The molecule has 0 atom stereocenters. The van der Waals surface area contributed by atoms with Crippen LogP contribution < -0.4 is 30.4 Å². The zero-order valence-corrected chi connectivity index (χ0v) is 20.4. The van der Waals surface area contributed by atoms with Crippen molar-refractivity contribution in [2.75, 3.05) is 25.7 Å². The molecule has 6 nitrogen and oxygen atoms in total. The summed E-state index contributed by atoms with van der Waals surface area (Å²) >= 11 is 0. The summed E-state index contributed by atoms with van der Waals surface area (Å²) in [6, 6.07) is 26.4. The number of hydrogen-bond acceptors (Lipinski definition) is 6. The smallest absolute Gasteiger partial charge is 0.169 e. The van der Waals surface area contributed by atoms with Crippen LogP contribution in [0.2, 0.25) is 0 Å². The standard InChI is InChI=1S/C29H30N2O4/c1-29(2,19-5-15-25(27(17-19)32-3)34-23-11-7-21(30)8-12-23)20-6-16-26(28(18-20)33-4)35-24-13-9-22(31)10-14-24/h5-18H,30-31H2,1-4H3. The molecule has 0 radical (unpaired) electrons. The van der Waals surface area contributed by atoms with Crippen LogP contribution in [0.15, 0.2) is 84.9 Å². The van der Waals surface area contributed by atoms with Crippen LogP contribution in [0.3, 0.4) is 0 Å². The lowest BCUT2D eigenvalue weighted by atomic mass is 9.78. The largest absolute Gasteiger partial charge is 0.493 e. The van der Waals surface area contributed by atoms with Crippen LogP contribution in [0.5, 0.6) is 34.5 Å². The zero-order valence-electron chi connectivity index (χ0n) is 20.4. The third-order valence-corrected chi connectivity index (χ3v) is 5.99. The van der Waals surface area contributed by atoms with Gasteiger partial charge in [-0.3, -0.25) is 0 Å². The molecule has 0 bridgehead atoms. The minimum absolute atomic E-state index is 0.347. The summed E-state index contributed by atoms with van der Waals surface area (Å²) in [5, 5.41) is 0. The minimum atomic E-state index is -0.347. The number of rotatable bonds is 8. The van der Waals surface area contributed by atoms with Crippen molar-refractivity contribution in [1.82, 2.24) is 0 Å². The number of hydrogen-bond donors (Lipinski definition) is 2. The highest BCUT2D eigenvalue weighted by Crippen LogP contribution is 2.41. The van der Waals surface area contributed by atoms with Crippen LogP contribution in [-0.4, -0.2) is 14.2 Å². The third kappa shape index (κ3) is 5.27. The summed E-state index contributed by atoms with van der Waals surface area (Å²) in [5.74, 6) is 3.91. The van der Waals surface area contributed by atoms with E-state index in [0.717, 1.165) is 11.1 Å². The van der Waals surface area contributed by atoms with Crippen molar-refractivity contribution in [3.63, 3.8) is 0 Å². The first-order valence-corrected chi connectivity index (χ1v) is 11.2. The predicted octanol–water partition coefficient (Wildman–Crippen LogP) is 6.78. The van der Waals surface area contributed by atoms with E-state index in [1.54, 1.807) is 38.5 Å². The molecule has 0 saturated carbocycles. The maximum Gasteiger partial charge on any atom is 0.169 e. The summed E-state index contributed by atoms with van der Waals surface area (Å²) in [7, 11) is 3.27. The van der Waals surface area contributed by atoms with Crippen LogP contribution in [-0.2, 0) is 5.41 Å². The van der Waals surface area contributed by atoms with E-state index < -0.39 is 0 Å². The van der Waals surface area contributed by atoms with E-state index in [1.807, 2.05) is 60.7 Å². The van der Waals surface area contributed by atoms with Gasteiger partial charge in [0.2, 0.25) is 0 Å². The average Bonchev–Trinajstić information content (AvgIpc) is 2.87. The molecule has 4 rings (SSSR count). The normalized spacial score (nSPS) is 11.1. The van der Waals surface area contributed by atoms with Crippen molar-refractivity contribution < 1.29 is 18.9 Å². The number of methoxy groups -OCH3 is 2. The molecule has 0 aliphatic heterocycles. The molecular formula is C29H30N2O4. The maximum absolute atomic E-state index is 6.02. The van der Waals surface area contributed by atoms with Gasteiger partial charge in [0.05, 0.1) is 14.2 Å². The first-order valence-electron chi connectivity index (χ1n) is 11.2. The molecule has 0 aliphatic carbocycles. The molecule has 0 heterocycles. The lowest BCUT2D eigenvalue weighted by Gasteiger charge is -2.28. The molecule has 4 aromatic rings. The lowest BCUT2D eigenvalue weighted by molar-refractivity contribution is 0.376. The van der Waals surface area contributed by atoms with Gasteiger partial charge in [-0.05, 0) is 83.9 Å². The fourth-order valence-electron chi connectivity index (χ4n) is 3.77. The second-order valence-electron chi connectivity index (χ2n) is 8.70. The van der Waals surface area contributed by atoms with E-state index >= 15 is 0 Å². The van der Waals surface area contributed by atoms with E-state index in [1.165, 1.54) is 0 Å². The second kappa shape index (κ2) is 9.89. The molecule has 4 N–H and O–H groups in total. The van der Waals surface area contributed by atoms with Crippen molar-refractivity contribution in [3.8, 4) is 34.5 Å². The Morgan fingerprint density at radius 2 is 0.886 bits per heavy atom. The Balaban J connectivity index is 1.61. The van der Waals surface area contributed by atoms with E-state index in [-0.39, 0.29) is 5.41 Å². The van der Waals surface area contributed by atoms with Gasteiger partial charge in [-0.25, -0.2) is 0 Å². The van der Waals surface area contributed by atoms with Crippen LogP contribution >= 0.6 is 0 Å². The lowest BCUT2D eigenvalue weighted by Crippen LogP contribution is -2.19. The second-order valence-corrected chi connectivity index (χ2v) is 8.70. The van der Waals surface area contributed by atoms with Crippen LogP contribution in [0.1, 0.15) is 25.0 Å². The Labute approximate surface area is 206 Å². The summed E-state index contributed by atoms with van der Waals surface area (Å²) < 4.78 is 23.3. The van der Waals surface area contributed by atoms with Gasteiger partial charge in [0.15, 0.2) is 23.0 Å². The van der Waals surface area contributed by atoms with Gasteiger partial charge < -0.3 is 30.4 Å². The molecule has 6 heteroatoms. The summed E-state index contributed by atoms with van der Waals surface area (Å²) in [6.07, 6.45) is 0. The van der Waals surface area contributed by atoms with Gasteiger partial charge >= 0.3 is 0 Å². The highest BCUT2D eigenvalue weighted by atomic mass is 16.5. The summed E-state index contributed by atoms with van der Waals surface area (Å²) in [4.78, 5) is 0. The first-order chi connectivity index (χ1) is 16.8. The Morgan fingerprint density at radius 1 is 0.514 bits per heavy atom. The molecular weight excluding hydrogens is 440 g/mol. The van der Waals surface area contributed by atoms with E-state index in [2.05, 4.69) is 13.8 Å². The molecule has 0 unspecified atom stereocenters. The van der Waals surface area contributed by atoms with Crippen molar-refractivity contribution in [2.45, 2.75) is 19.3 Å². The van der Waals surface area contributed by atoms with Gasteiger partial charge in [-0.15, -0.1) is 0 Å². The molecule has 4 aromatic carbocycles. The molecule has 0 saturated heterocycles. The van der Waals surface area contributed by atoms with Crippen LogP contribution in [0.4, 0.5) is 11.4 Å². The topological polar surface area (TPSA) is 89.0 Å². The Bertz CT molecular complexity index is 1200. The highest BCUT2D eigenvalue weighted by Gasteiger charge is 2.26. The number of nitrogen functional groups attached to an aromatic ring is 2. The molecule has 0 amide bonds. The van der Waals surface area contributed by atoms with E-state index in [0.29, 0.717) is 45.9 Å². The monoisotopic (exact) mass is 470 g/mol. The molecule has 35 heavy (non-hydrogen) atoms. The third-order valence-electron chi connectivity index (χ3n) is 5.99. The van der Waals surface area contributed by atoms with Gasteiger partial charge in [0, 0.05) is 16.8 Å². The Kier molecular flexibility index (Phi) is 6.73. The van der Waals surface area contributed by atoms with Crippen molar-refractivity contribution in [3.05, 3.63) is 96.1 Å². The highest BCUT2D eigenvalue weighted by molar-refractivity contribution is 5.54. The fourth-order valence-corrected chi connectivity index (χ4v) is 3.77.